The lowest BCUT2D eigenvalue weighted by atomic mass is 10.2. The predicted molar refractivity (Wildman–Crippen MR) is 70.4 cm³/mol. The number of aromatic nitrogens is 3. The van der Waals surface area contributed by atoms with Gasteiger partial charge in [0.05, 0.1) is 23.8 Å². The highest BCUT2D eigenvalue weighted by molar-refractivity contribution is 7.71. The van der Waals surface area contributed by atoms with E-state index in [1.807, 2.05) is 16.7 Å². The van der Waals surface area contributed by atoms with Crippen molar-refractivity contribution >= 4 is 23.3 Å². The molecule has 5 heteroatoms. The number of aromatic amines is 1. The van der Waals surface area contributed by atoms with Crippen LogP contribution in [0.25, 0.3) is 11.0 Å². The quantitative estimate of drug-likeness (QED) is 0.716. The lowest BCUT2D eigenvalue weighted by Gasteiger charge is -2.05. The van der Waals surface area contributed by atoms with Crippen LogP contribution >= 0.6 is 12.2 Å². The molecule has 2 aromatic heterocycles. The maximum absolute atomic E-state index is 13.6. The molecule has 3 rings (SSSR count). The molecule has 0 amide bonds. The lowest BCUT2D eigenvalue weighted by Crippen LogP contribution is -2.01. The summed E-state index contributed by atoms with van der Waals surface area (Å²) in [4.78, 5) is 7.09. The third-order valence-corrected chi connectivity index (χ3v) is 3.18. The Morgan fingerprint density at radius 3 is 2.94 bits per heavy atom. The Balaban J connectivity index is 2.13. The van der Waals surface area contributed by atoms with Gasteiger partial charge >= 0.3 is 0 Å². The molecule has 0 radical (unpaired) electrons. The smallest absolute Gasteiger partial charge is 0.178 e. The lowest BCUT2D eigenvalue weighted by molar-refractivity contribution is 0.600. The van der Waals surface area contributed by atoms with Crippen molar-refractivity contribution in [2.24, 2.45) is 0 Å². The van der Waals surface area contributed by atoms with Gasteiger partial charge in [-0.3, -0.25) is 4.98 Å². The van der Waals surface area contributed by atoms with E-state index in [-0.39, 0.29) is 5.82 Å². The molecule has 0 aliphatic heterocycles. The summed E-state index contributed by atoms with van der Waals surface area (Å²) in [6.07, 6.45) is 3.41. The SMILES string of the molecule is Fc1ccccc1Cn1c(=S)[nH]c2cnccc21. The van der Waals surface area contributed by atoms with Crippen LogP contribution in [0.1, 0.15) is 5.56 Å². The van der Waals surface area contributed by atoms with E-state index in [0.717, 1.165) is 11.0 Å². The van der Waals surface area contributed by atoms with Crippen molar-refractivity contribution in [3.63, 3.8) is 0 Å². The van der Waals surface area contributed by atoms with E-state index >= 15 is 0 Å². The van der Waals surface area contributed by atoms with E-state index in [0.29, 0.717) is 16.9 Å². The molecule has 90 valence electrons. The van der Waals surface area contributed by atoms with Gasteiger partial charge in [0.25, 0.3) is 0 Å². The second-order valence-corrected chi connectivity index (χ2v) is 4.39. The minimum absolute atomic E-state index is 0.220. The zero-order valence-corrected chi connectivity index (χ0v) is 10.2. The van der Waals surface area contributed by atoms with E-state index in [1.54, 1.807) is 24.5 Å². The average Bonchev–Trinajstić information content (AvgIpc) is 2.69. The normalized spacial score (nSPS) is 10.9. The van der Waals surface area contributed by atoms with Crippen molar-refractivity contribution in [3.8, 4) is 0 Å². The molecule has 0 aliphatic carbocycles. The van der Waals surface area contributed by atoms with Crippen molar-refractivity contribution in [3.05, 3.63) is 58.9 Å². The zero-order valence-electron chi connectivity index (χ0n) is 9.43. The van der Waals surface area contributed by atoms with E-state index in [4.69, 9.17) is 12.2 Å². The number of hydrogen-bond acceptors (Lipinski definition) is 2. The molecule has 1 N–H and O–H groups in total. The molecule has 0 saturated heterocycles. The molecular formula is C13H10FN3S. The topological polar surface area (TPSA) is 33.6 Å². The van der Waals surface area contributed by atoms with E-state index in [1.165, 1.54) is 6.07 Å². The summed E-state index contributed by atoms with van der Waals surface area (Å²) in [6.45, 7) is 0.412. The molecular weight excluding hydrogens is 249 g/mol. The van der Waals surface area contributed by atoms with Gasteiger partial charge in [-0.05, 0) is 24.4 Å². The van der Waals surface area contributed by atoms with Crippen molar-refractivity contribution in [2.75, 3.05) is 0 Å². The third-order valence-electron chi connectivity index (χ3n) is 2.86. The summed E-state index contributed by atoms with van der Waals surface area (Å²) in [5.41, 5.74) is 2.41. The van der Waals surface area contributed by atoms with Crippen molar-refractivity contribution in [2.45, 2.75) is 6.54 Å². The maximum Gasteiger partial charge on any atom is 0.178 e. The predicted octanol–water partition coefficient (Wildman–Crippen LogP) is 3.28. The number of H-pyrrole nitrogens is 1. The van der Waals surface area contributed by atoms with Crippen LogP contribution in [0.4, 0.5) is 4.39 Å². The fourth-order valence-corrected chi connectivity index (χ4v) is 2.24. The summed E-state index contributed by atoms with van der Waals surface area (Å²) in [7, 11) is 0. The van der Waals surface area contributed by atoms with Crippen LogP contribution in [-0.4, -0.2) is 14.5 Å². The Hall–Kier alpha value is -2.01. The largest absolute Gasteiger partial charge is 0.329 e. The van der Waals surface area contributed by atoms with Gasteiger partial charge in [-0.2, -0.15) is 0 Å². The number of hydrogen-bond donors (Lipinski definition) is 1. The molecule has 0 unspecified atom stereocenters. The summed E-state index contributed by atoms with van der Waals surface area (Å²) >= 11 is 5.25. The van der Waals surface area contributed by atoms with E-state index in [2.05, 4.69) is 9.97 Å². The van der Waals surface area contributed by atoms with Crippen molar-refractivity contribution < 1.29 is 4.39 Å². The first-order chi connectivity index (χ1) is 8.75. The zero-order chi connectivity index (χ0) is 12.5. The van der Waals surface area contributed by atoms with Gasteiger partial charge in [-0.25, -0.2) is 4.39 Å². The standard InChI is InChI=1S/C13H10FN3S/c14-10-4-2-1-3-9(10)8-17-12-5-6-15-7-11(12)16-13(17)18/h1-7H,8H2,(H,16,18). The molecule has 0 saturated carbocycles. The minimum Gasteiger partial charge on any atom is -0.329 e. The van der Waals surface area contributed by atoms with Gasteiger partial charge in [0.2, 0.25) is 0 Å². The highest BCUT2D eigenvalue weighted by Crippen LogP contribution is 2.16. The third kappa shape index (κ3) is 1.82. The highest BCUT2D eigenvalue weighted by atomic mass is 32.1. The fourth-order valence-electron chi connectivity index (χ4n) is 1.96. The molecule has 3 aromatic rings. The van der Waals surface area contributed by atoms with Crippen LogP contribution in [0.5, 0.6) is 0 Å². The van der Waals surface area contributed by atoms with E-state index in [9.17, 15) is 4.39 Å². The van der Waals surface area contributed by atoms with Crippen LogP contribution in [-0.2, 0) is 6.54 Å². The summed E-state index contributed by atoms with van der Waals surface area (Å²) in [6, 6.07) is 8.57. The number of imidazole rings is 1. The molecule has 18 heavy (non-hydrogen) atoms. The van der Waals surface area contributed by atoms with Crippen LogP contribution in [0.2, 0.25) is 0 Å². The average molecular weight is 259 g/mol. The first-order valence-electron chi connectivity index (χ1n) is 5.51. The molecule has 0 fully saturated rings. The van der Waals surface area contributed by atoms with Crippen LogP contribution < -0.4 is 0 Å². The Morgan fingerprint density at radius 1 is 1.28 bits per heavy atom. The van der Waals surface area contributed by atoms with Crippen LogP contribution in [0, 0.1) is 10.6 Å². The van der Waals surface area contributed by atoms with Gasteiger partial charge in [-0.1, -0.05) is 18.2 Å². The summed E-state index contributed by atoms with van der Waals surface area (Å²) in [5.74, 6) is -0.220. The van der Waals surface area contributed by atoms with Gasteiger partial charge < -0.3 is 9.55 Å². The first-order valence-corrected chi connectivity index (χ1v) is 5.92. The summed E-state index contributed by atoms with van der Waals surface area (Å²) in [5, 5.41) is 0. The van der Waals surface area contributed by atoms with Crippen molar-refractivity contribution in [1.82, 2.24) is 14.5 Å². The second-order valence-electron chi connectivity index (χ2n) is 4.00. The van der Waals surface area contributed by atoms with Gasteiger partial charge in [0, 0.05) is 11.8 Å². The molecule has 0 spiro atoms. The molecule has 0 aliphatic rings. The van der Waals surface area contributed by atoms with Crippen LogP contribution in [0.15, 0.2) is 42.7 Å². The summed E-state index contributed by atoms with van der Waals surface area (Å²) < 4.78 is 16.1. The van der Waals surface area contributed by atoms with Gasteiger partial charge in [-0.15, -0.1) is 0 Å². The van der Waals surface area contributed by atoms with Gasteiger partial charge in [0.1, 0.15) is 5.82 Å². The number of halogens is 1. The number of fused-ring (bicyclic) bond motifs is 1. The Labute approximate surface area is 108 Å². The molecule has 0 atom stereocenters. The maximum atomic E-state index is 13.6. The number of benzene rings is 1. The minimum atomic E-state index is -0.220. The number of nitrogens with one attached hydrogen (secondary N) is 1. The molecule has 3 nitrogen and oxygen atoms in total. The number of nitrogens with zero attached hydrogens (tertiary/aromatic N) is 2. The van der Waals surface area contributed by atoms with Crippen molar-refractivity contribution in [1.29, 1.82) is 0 Å². The number of pyridine rings is 1. The second kappa shape index (κ2) is 4.34. The molecule has 0 bridgehead atoms. The van der Waals surface area contributed by atoms with Crippen LogP contribution in [0.3, 0.4) is 0 Å². The Kier molecular flexibility index (Phi) is 2.68. The first kappa shape index (κ1) is 11.1. The van der Waals surface area contributed by atoms with Gasteiger partial charge in [0.15, 0.2) is 4.77 Å². The molecule has 1 aromatic carbocycles. The Bertz CT molecular complexity index is 760. The monoisotopic (exact) mass is 259 g/mol. The Morgan fingerprint density at radius 2 is 2.11 bits per heavy atom. The van der Waals surface area contributed by atoms with E-state index < -0.39 is 0 Å². The highest BCUT2D eigenvalue weighted by Gasteiger charge is 2.07. The molecule has 2 heterocycles. The fraction of sp³-hybridized carbons (Fsp3) is 0.0769. The number of rotatable bonds is 2.